The van der Waals surface area contributed by atoms with Gasteiger partial charge in [-0.05, 0) is 19.6 Å². The first-order valence-electron chi connectivity index (χ1n) is 5.32. The Morgan fingerprint density at radius 3 is 3.00 bits per heavy atom. The first kappa shape index (κ1) is 15.3. The van der Waals surface area contributed by atoms with Crippen molar-refractivity contribution in [1.82, 2.24) is 10.6 Å². The number of hydrogen-bond donors (Lipinski definition) is 2. The average Bonchev–Trinajstić information content (AvgIpc) is 2.53. The van der Waals surface area contributed by atoms with E-state index < -0.39 is 0 Å². The highest BCUT2D eigenvalue weighted by Crippen LogP contribution is 2.03. The van der Waals surface area contributed by atoms with Gasteiger partial charge in [-0.2, -0.15) is 11.8 Å². The van der Waals surface area contributed by atoms with Gasteiger partial charge in [-0.3, -0.25) is 4.99 Å². The van der Waals surface area contributed by atoms with E-state index in [1.54, 1.807) is 0 Å². The minimum atomic E-state index is 0. The molecule has 5 heteroatoms. The summed E-state index contributed by atoms with van der Waals surface area (Å²) < 4.78 is 0. The summed E-state index contributed by atoms with van der Waals surface area (Å²) in [6.07, 6.45) is 4.56. The van der Waals surface area contributed by atoms with Gasteiger partial charge in [0.25, 0.3) is 0 Å². The minimum absolute atomic E-state index is 0. The molecule has 0 bridgehead atoms. The predicted molar refractivity (Wildman–Crippen MR) is 80.5 cm³/mol. The lowest BCUT2D eigenvalue weighted by Gasteiger charge is -2.15. The molecule has 3 nitrogen and oxygen atoms in total. The van der Waals surface area contributed by atoms with Gasteiger partial charge in [0.05, 0.1) is 6.54 Å². The van der Waals surface area contributed by atoms with E-state index >= 15 is 0 Å². The fourth-order valence-electron chi connectivity index (χ4n) is 1.61. The normalized spacial score (nSPS) is 21.3. The fraction of sp³-hybridized carbons (Fsp3) is 0.900. The Bertz CT molecular complexity index is 199. The summed E-state index contributed by atoms with van der Waals surface area (Å²) in [6.45, 7) is 5.33. The molecule has 0 aliphatic carbocycles. The number of thioether (sulfide) groups is 1. The molecule has 0 saturated carbocycles. The molecule has 0 fully saturated rings. The number of halogens is 1. The second-order valence-corrected chi connectivity index (χ2v) is 4.73. The molecule has 2 unspecified atom stereocenters. The molecular weight excluding hydrogens is 321 g/mol. The van der Waals surface area contributed by atoms with Gasteiger partial charge in [0, 0.05) is 17.8 Å². The molecule has 0 spiro atoms. The van der Waals surface area contributed by atoms with Crippen molar-refractivity contribution in [1.29, 1.82) is 0 Å². The molecule has 15 heavy (non-hydrogen) atoms. The van der Waals surface area contributed by atoms with Crippen molar-refractivity contribution >= 4 is 41.7 Å². The quantitative estimate of drug-likeness (QED) is 0.751. The van der Waals surface area contributed by atoms with Crippen LogP contribution < -0.4 is 10.6 Å². The van der Waals surface area contributed by atoms with Gasteiger partial charge in [-0.25, -0.2) is 0 Å². The maximum absolute atomic E-state index is 4.44. The van der Waals surface area contributed by atoms with Crippen molar-refractivity contribution in [3.63, 3.8) is 0 Å². The number of rotatable bonds is 5. The summed E-state index contributed by atoms with van der Waals surface area (Å²) in [6, 6.07) is 1.06. The zero-order valence-electron chi connectivity index (χ0n) is 9.75. The lowest BCUT2D eigenvalue weighted by molar-refractivity contribution is 0.584. The Labute approximate surface area is 114 Å². The van der Waals surface area contributed by atoms with Gasteiger partial charge >= 0.3 is 0 Å². The van der Waals surface area contributed by atoms with Crippen LogP contribution >= 0.6 is 35.7 Å². The minimum Gasteiger partial charge on any atom is -0.353 e. The number of nitrogens with zero attached hydrogens (tertiary/aromatic N) is 1. The third-order valence-corrected chi connectivity index (χ3v) is 3.08. The van der Waals surface area contributed by atoms with Gasteiger partial charge in [0.15, 0.2) is 5.96 Å². The first-order chi connectivity index (χ1) is 6.76. The van der Waals surface area contributed by atoms with Crippen molar-refractivity contribution in [2.45, 2.75) is 38.8 Å². The Balaban J connectivity index is 0.00000196. The lowest BCUT2D eigenvalue weighted by atomic mass is 10.2. The highest BCUT2D eigenvalue weighted by atomic mass is 127. The van der Waals surface area contributed by atoms with Crippen LogP contribution in [0.15, 0.2) is 4.99 Å². The number of nitrogens with one attached hydrogen (secondary N) is 2. The molecular formula is C10H22IN3S. The summed E-state index contributed by atoms with van der Waals surface area (Å²) in [7, 11) is 0. The summed E-state index contributed by atoms with van der Waals surface area (Å²) in [5, 5.41) is 6.80. The predicted octanol–water partition coefficient (Wildman–Crippen LogP) is 2.07. The Morgan fingerprint density at radius 2 is 2.40 bits per heavy atom. The van der Waals surface area contributed by atoms with Gasteiger partial charge < -0.3 is 10.6 Å². The van der Waals surface area contributed by atoms with Gasteiger partial charge in [-0.1, -0.05) is 13.3 Å². The van der Waals surface area contributed by atoms with E-state index in [0.29, 0.717) is 12.1 Å². The molecule has 0 saturated heterocycles. The molecule has 0 aromatic carbocycles. The van der Waals surface area contributed by atoms with Crippen LogP contribution in [0.25, 0.3) is 0 Å². The molecule has 1 heterocycles. The monoisotopic (exact) mass is 343 g/mol. The third kappa shape index (κ3) is 5.85. The van der Waals surface area contributed by atoms with Gasteiger partial charge in [-0.15, -0.1) is 24.0 Å². The van der Waals surface area contributed by atoms with E-state index in [0.717, 1.165) is 18.3 Å². The number of guanidine groups is 1. The molecule has 2 atom stereocenters. The Kier molecular flexibility index (Phi) is 8.69. The first-order valence-corrected chi connectivity index (χ1v) is 6.72. The van der Waals surface area contributed by atoms with Crippen LogP contribution in [0, 0.1) is 0 Å². The zero-order valence-corrected chi connectivity index (χ0v) is 12.9. The van der Waals surface area contributed by atoms with E-state index in [1.165, 1.54) is 12.8 Å². The number of aliphatic imine (C=N–C) groups is 1. The summed E-state index contributed by atoms with van der Waals surface area (Å²) in [5.41, 5.74) is 0. The summed E-state index contributed by atoms with van der Waals surface area (Å²) >= 11 is 1.86. The van der Waals surface area contributed by atoms with Crippen LogP contribution in [-0.4, -0.2) is 36.6 Å². The van der Waals surface area contributed by atoms with E-state index in [1.807, 2.05) is 11.8 Å². The SMILES string of the molecule is CCCC1CN=C(NC(C)CSC)N1.I. The third-order valence-electron chi connectivity index (χ3n) is 2.25. The molecule has 1 rings (SSSR count). The Hall–Kier alpha value is 0.350. The average molecular weight is 343 g/mol. The number of hydrogen-bond acceptors (Lipinski definition) is 4. The van der Waals surface area contributed by atoms with Crippen molar-refractivity contribution < 1.29 is 0 Å². The smallest absolute Gasteiger partial charge is 0.191 e. The second kappa shape index (κ2) is 8.50. The van der Waals surface area contributed by atoms with Crippen LogP contribution in [0.3, 0.4) is 0 Å². The van der Waals surface area contributed by atoms with Crippen molar-refractivity contribution in [2.24, 2.45) is 4.99 Å². The van der Waals surface area contributed by atoms with Crippen molar-refractivity contribution in [3.8, 4) is 0 Å². The topological polar surface area (TPSA) is 36.4 Å². The van der Waals surface area contributed by atoms with Crippen LogP contribution in [0.4, 0.5) is 0 Å². The second-order valence-electron chi connectivity index (χ2n) is 3.82. The standard InChI is InChI=1S/C10H21N3S.HI/c1-4-5-9-6-11-10(13-9)12-8(2)7-14-3;/h8-9H,4-7H2,1-3H3,(H2,11,12,13);1H. The highest BCUT2D eigenvalue weighted by Gasteiger charge is 2.16. The van der Waals surface area contributed by atoms with E-state index in [9.17, 15) is 0 Å². The van der Waals surface area contributed by atoms with Crippen molar-refractivity contribution in [3.05, 3.63) is 0 Å². The molecule has 2 N–H and O–H groups in total. The van der Waals surface area contributed by atoms with Crippen molar-refractivity contribution in [2.75, 3.05) is 18.6 Å². The maximum Gasteiger partial charge on any atom is 0.191 e. The van der Waals surface area contributed by atoms with E-state index in [-0.39, 0.29) is 24.0 Å². The molecule has 0 radical (unpaired) electrons. The highest BCUT2D eigenvalue weighted by molar-refractivity contribution is 14.0. The largest absolute Gasteiger partial charge is 0.353 e. The van der Waals surface area contributed by atoms with Crippen LogP contribution in [-0.2, 0) is 0 Å². The van der Waals surface area contributed by atoms with Crippen LogP contribution in [0.1, 0.15) is 26.7 Å². The Morgan fingerprint density at radius 1 is 1.67 bits per heavy atom. The summed E-state index contributed by atoms with van der Waals surface area (Å²) in [5.74, 6) is 2.11. The molecule has 0 amide bonds. The fourth-order valence-corrected chi connectivity index (χ4v) is 2.19. The van der Waals surface area contributed by atoms with Crippen LogP contribution in [0.5, 0.6) is 0 Å². The zero-order chi connectivity index (χ0) is 10.4. The maximum atomic E-state index is 4.44. The van der Waals surface area contributed by atoms with E-state index in [2.05, 4.69) is 35.7 Å². The molecule has 1 aliphatic heterocycles. The van der Waals surface area contributed by atoms with Gasteiger partial charge in [0.2, 0.25) is 0 Å². The summed E-state index contributed by atoms with van der Waals surface area (Å²) in [4.78, 5) is 4.44. The van der Waals surface area contributed by atoms with Gasteiger partial charge in [0.1, 0.15) is 0 Å². The lowest BCUT2D eigenvalue weighted by Crippen LogP contribution is -2.43. The molecule has 0 aromatic rings. The van der Waals surface area contributed by atoms with E-state index in [4.69, 9.17) is 0 Å². The molecule has 0 aromatic heterocycles. The molecule has 1 aliphatic rings. The van der Waals surface area contributed by atoms with Crippen LogP contribution in [0.2, 0.25) is 0 Å². The molecule has 90 valence electrons.